The number of nitrogens with one attached hydrogen (secondary N) is 1. The molecule has 0 aliphatic heterocycles. The maximum absolute atomic E-state index is 13.4. The highest BCUT2D eigenvalue weighted by molar-refractivity contribution is 5.75. The molecule has 116 valence electrons. The minimum absolute atomic E-state index is 0.0431. The average molecular weight is 303 g/mol. The number of amides is 1. The van der Waals surface area contributed by atoms with Gasteiger partial charge in [0.2, 0.25) is 5.91 Å². The molecule has 0 fully saturated rings. The van der Waals surface area contributed by atoms with Crippen LogP contribution in [0.15, 0.2) is 48.5 Å². The Bertz CT molecular complexity index is 611. The van der Waals surface area contributed by atoms with Crippen molar-refractivity contribution in [1.29, 1.82) is 0 Å². The fourth-order valence-electron chi connectivity index (χ4n) is 2.23. The van der Waals surface area contributed by atoms with Crippen LogP contribution in [0, 0.1) is 11.6 Å². The van der Waals surface area contributed by atoms with Gasteiger partial charge < -0.3 is 5.32 Å². The first-order valence-electron chi connectivity index (χ1n) is 7.40. The van der Waals surface area contributed by atoms with Gasteiger partial charge in [-0.05, 0) is 48.6 Å². The van der Waals surface area contributed by atoms with Crippen LogP contribution in [0.2, 0.25) is 0 Å². The standard InChI is InChI=1S/C18H19F2NO/c19-16-10-8-14(9-11-16)4-3-7-18(22)21-13-12-15-5-1-2-6-17(15)20/h1-2,5-6,8-11H,3-4,7,12-13H2,(H,21,22). The largest absolute Gasteiger partial charge is 0.356 e. The predicted octanol–water partition coefficient (Wildman–Crippen LogP) is 3.65. The Hall–Kier alpha value is -2.23. The second-order valence-electron chi connectivity index (χ2n) is 5.17. The fourth-order valence-corrected chi connectivity index (χ4v) is 2.23. The Balaban J connectivity index is 1.64. The molecular formula is C18H19F2NO. The summed E-state index contributed by atoms with van der Waals surface area (Å²) >= 11 is 0. The van der Waals surface area contributed by atoms with Crippen LogP contribution in [0.1, 0.15) is 24.0 Å². The van der Waals surface area contributed by atoms with E-state index < -0.39 is 0 Å². The molecule has 0 unspecified atom stereocenters. The molecule has 1 N–H and O–H groups in total. The molecule has 0 saturated heterocycles. The zero-order chi connectivity index (χ0) is 15.8. The van der Waals surface area contributed by atoms with Crippen molar-refractivity contribution >= 4 is 5.91 Å². The van der Waals surface area contributed by atoms with Crippen LogP contribution in [-0.2, 0) is 17.6 Å². The van der Waals surface area contributed by atoms with Crippen LogP contribution >= 0.6 is 0 Å². The molecule has 1 amide bonds. The van der Waals surface area contributed by atoms with Crippen molar-refractivity contribution < 1.29 is 13.6 Å². The second kappa shape index (κ2) is 8.27. The Morgan fingerprint density at radius 2 is 1.68 bits per heavy atom. The maximum atomic E-state index is 13.4. The monoisotopic (exact) mass is 303 g/mol. The average Bonchev–Trinajstić information content (AvgIpc) is 2.51. The van der Waals surface area contributed by atoms with Gasteiger partial charge in [0, 0.05) is 13.0 Å². The first kappa shape index (κ1) is 16.1. The Morgan fingerprint density at radius 1 is 0.955 bits per heavy atom. The van der Waals surface area contributed by atoms with Gasteiger partial charge >= 0.3 is 0 Å². The highest BCUT2D eigenvalue weighted by Crippen LogP contribution is 2.08. The van der Waals surface area contributed by atoms with Gasteiger partial charge in [0.1, 0.15) is 11.6 Å². The van der Waals surface area contributed by atoms with Crippen molar-refractivity contribution in [1.82, 2.24) is 5.32 Å². The van der Waals surface area contributed by atoms with Crippen LogP contribution in [0.25, 0.3) is 0 Å². The molecule has 0 aromatic heterocycles. The molecule has 22 heavy (non-hydrogen) atoms. The number of hydrogen-bond acceptors (Lipinski definition) is 1. The first-order valence-corrected chi connectivity index (χ1v) is 7.40. The highest BCUT2D eigenvalue weighted by atomic mass is 19.1. The Morgan fingerprint density at radius 3 is 2.41 bits per heavy atom. The lowest BCUT2D eigenvalue weighted by Crippen LogP contribution is -2.25. The molecule has 2 nitrogen and oxygen atoms in total. The summed E-state index contributed by atoms with van der Waals surface area (Å²) in [4.78, 5) is 11.7. The molecule has 2 aromatic rings. The summed E-state index contributed by atoms with van der Waals surface area (Å²) in [5.74, 6) is -0.541. The number of carbonyl (C=O) groups excluding carboxylic acids is 1. The van der Waals surface area contributed by atoms with E-state index >= 15 is 0 Å². The third-order valence-electron chi connectivity index (χ3n) is 3.46. The maximum Gasteiger partial charge on any atom is 0.220 e. The Kier molecular flexibility index (Phi) is 6.07. The lowest BCUT2D eigenvalue weighted by Gasteiger charge is -2.06. The molecule has 0 radical (unpaired) electrons. The zero-order valence-corrected chi connectivity index (χ0v) is 12.3. The van der Waals surface area contributed by atoms with E-state index in [0.29, 0.717) is 31.4 Å². The van der Waals surface area contributed by atoms with Crippen molar-refractivity contribution in [3.8, 4) is 0 Å². The van der Waals surface area contributed by atoms with E-state index in [1.165, 1.54) is 18.2 Å². The van der Waals surface area contributed by atoms with E-state index in [0.717, 1.165) is 12.0 Å². The topological polar surface area (TPSA) is 29.1 Å². The van der Waals surface area contributed by atoms with Gasteiger partial charge in [-0.25, -0.2) is 8.78 Å². The van der Waals surface area contributed by atoms with Crippen LogP contribution in [0.4, 0.5) is 8.78 Å². The SMILES string of the molecule is O=C(CCCc1ccc(F)cc1)NCCc1ccccc1F. The molecule has 2 rings (SSSR count). The molecule has 0 saturated carbocycles. The molecule has 0 heterocycles. The predicted molar refractivity (Wildman–Crippen MR) is 82.5 cm³/mol. The molecule has 2 aromatic carbocycles. The fraction of sp³-hybridized carbons (Fsp3) is 0.278. The van der Waals surface area contributed by atoms with Gasteiger partial charge in [0.15, 0.2) is 0 Å². The number of hydrogen-bond donors (Lipinski definition) is 1. The smallest absolute Gasteiger partial charge is 0.220 e. The van der Waals surface area contributed by atoms with E-state index in [1.807, 2.05) is 0 Å². The molecule has 0 bridgehead atoms. The van der Waals surface area contributed by atoms with E-state index in [-0.39, 0.29) is 17.5 Å². The second-order valence-corrected chi connectivity index (χ2v) is 5.17. The molecule has 4 heteroatoms. The van der Waals surface area contributed by atoms with E-state index in [4.69, 9.17) is 0 Å². The van der Waals surface area contributed by atoms with Gasteiger partial charge in [-0.15, -0.1) is 0 Å². The van der Waals surface area contributed by atoms with Crippen molar-refractivity contribution in [3.63, 3.8) is 0 Å². The lowest BCUT2D eigenvalue weighted by atomic mass is 10.1. The minimum Gasteiger partial charge on any atom is -0.356 e. The summed E-state index contributed by atoms with van der Waals surface area (Å²) in [6.45, 7) is 0.427. The summed E-state index contributed by atoms with van der Waals surface area (Å²) in [6, 6.07) is 12.9. The summed E-state index contributed by atoms with van der Waals surface area (Å²) in [5.41, 5.74) is 1.62. The number of aryl methyl sites for hydroxylation is 1. The lowest BCUT2D eigenvalue weighted by molar-refractivity contribution is -0.121. The normalized spacial score (nSPS) is 10.5. The number of benzene rings is 2. The van der Waals surface area contributed by atoms with Gasteiger partial charge in [-0.2, -0.15) is 0 Å². The van der Waals surface area contributed by atoms with Crippen LogP contribution in [0.5, 0.6) is 0 Å². The van der Waals surface area contributed by atoms with Crippen molar-refractivity contribution in [3.05, 3.63) is 71.3 Å². The highest BCUT2D eigenvalue weighted by Gasteiger charge is 2.04. The van der Waals surface area contributed by atoms with Crippen LogP contribution in [-0.4, -0.2) is 12.5 Å². The Labute approximate surface area is 129 Å². The number of rotatable bonds is 7. The molecule has 0 aliphatic carbocycles. The van der Waals surface area contributed by atoms with Crippen molar-refractivity contribution in [2.75, 3.05) is 6.54 Å². The molecule has 0 spiro atoms. The summed E-state index contributed by atoms with van der Waals surface area (Å²) < 4.78 is 26.1. The molecular weight excluding hydrogens is 284 g/mol. The van der Waals surface area contributed by atoms with Gasteiger partial charge in [0.25, 0.3) is 0 Å². The summed E-state index contributed by atoms with van der Waals surface area (Å²) in [5, 5.41) is 2.79. The van der Waals surface area contributed by atoms with Crippen molar-refractivity contribution in [2.24, 2.45) is 0 Å². The first-order chi connectivity index (χ1) is 10.6. The third-order valence-corrected chi connectivity index (χ3v) is 3.46. The van der Waals surface area contributed by atoms with Crippen LogP contribution < -0.4 is 5.32 Å². The molecule has 0 aliphatic rings. The van der Waals surface area contributed by atoms with E-state index in [2.05, 4.69) is 5.32 Å². The van der Waals surface area contributed by atoms with Crippen LogP contribution in [0.3, 0.4) is 0 Å². The van der Waals surface area contributed by atoms with E-state index in [1.54, 1.807) is 30.3 Å². The number of carbonyl (C=O) groups is 1. The third kappa shape index (κ3) is 5.28. The van der Waals surface area contributed by atoms with E-state index in [9.17, 15) is 13.6 Å². The minimum atomic E-state index is -0.255. The quantitative estimate of drug-likeness (QED) is 0.831. The zero-order valence-electron chi connectivity index (χ0n) is 12.3. The van der Waals surface area contributed by atoms with Gasteiger partial charge in [-0.3, -0.25) is 4.79 Å². The number of halogens is 2. The summed E-state index contributed by atoms with van der Waals surface area (Å²) in [7, 11) is 0. The molecule has 0 atom stereocenters. The van der Waals surface area contributed by atoms with Crippen molar-refractivity contribution in [2.45, 2.75) is 25.7 Å². The summed E-state index contributed by atoms with van der Waals surface area (Å²) in [6.07, 6.45) is 2.34. The van der Waals surface area contributed by atoms with Gasteiger partial charge in [0.05, 0.1) is 0 Å². The van der Waals surface area contributed by atoms with Gasteiger partial charge in [-0.1, -0.05) is 30.3 Å².